The van der Waals surface area contributed by atoms with E-state index in [1.807, 2.05) is 0 Å². The van der Waals surface area contributed by atoms with Crippen LogP contribution in [0.25, 0.3) is 0 Å². The monoisotopic (exact) mass is 309 g/mol. The zero-order valence-electron chi connectivity index (χ0n) is 8.78. The van der Waals surface area contributed by atoms with E-state index in [4.69, 9.17) is 5.73 Å². The molecular weight excluding hydrogens is 297 g/mol. The Morgan fingerprint density at radius 1 is 1.44 bits per heavy atom. The molecule has 0 aliphatic carbocycles. The third kappa shape index (κ3) is 3.54. The summed E-state index contributed by atoms with van der Waals surface area (Å²) in [6.07, 6.45) is 0. The lowest BCUT2D eigenvalue weighted by Crippen LogP contribution is -2.27. The van der Waals surface area contributed by atoms with E-state index in [2.05, 4.69) is 15.9 Å². The fourth-order valence-corrected chi connectivity index (χ4v) is 2.94. The number of benzene rings is 1. The minimum atomic E-state index is -3.31. The normalized spacial score (nSPS) is 13.8. The van der Waals surface area contributed by atoms with Gasteiger partial charge >= 0.3 is 0 Å². The van der Waals surface area contributed by atoms with Crippen LogP contribution < -0.4 is 5.73 Å². The zero-order valence-corrected chi connectivity index (χ0v) is 11.2. The van der Waals surface area contributed by atoms with Crippen molar-refractivity contribution in [3.63, 3.8) is 0 Å². The molecule has 0 aliphatic heterocycles. The second-order valence-electron chi connectivity index (χ2n) is 3.63. The number of sulfone groups is 1. The van der Waals surface area contributed by atoms with Crippen LogP contribution in [-0.4, -0.2) is 20.2 Å². The summed E-state index contributed by atoms with van der Waals surface area (Å²) >= 11 is 3.12. The topological polar surface area (TPSA) is 60.2 Å². The minimum Gasteiger partial charge on any atom is -0.329 e. The van der Waals surface area contributed by atoms with E-state index >= 15 is 0 Å². The molecule has 1 aromatic rings. The molecule has 0 fully saturated rings. The van der Waals surface area contributed by atoms with Gasteiger partial charge in [-0.1, -0.05) is 15.9 Å². The molecule has 0 aromatic heterocycles. The SMILES string of the molecule is CC(CN)S(=O)(=O)Cc1cc(F)cc(Br)c1. The van der Waals surface area contributed by atoms with Crippen molar-refractivity contribution in [2.24, 2.45) is 5.73 Å². The van der Waals surface area contributed by atoms with Crippen LogP contribution in [0, 0.1) is 5.82 Å². The van der Waals surface area contributed by atoms with Crippen molar-refractivity contribution in [3.8, 4) is 0 Å². The van der Waals surface area contributed by atoms with Gasteiger partial charge in [-0.3, -0.25) is 0 Å². The molecule has 6 heteroatoms. The molecule has 0 radical (unpaired) electrons. The summed E-state index contributed by atoms with van der Waals surface area (Å²) in [5.41, 5.74) is 5.73. The first kappa shape index (κ1) is 13.6. The van der Waals surface area contributed by atoms with Crippen LogP contribution >= 0.6 is 15.9 Å². The molecule has 1 rings (SSSR count). The van der Waals surface area contributed by atoms with Crippen molar-refractivity contribution in [2.75, 3.05) is 6.54 Å². The Bertz CT molecular complexity index is 455. The van der Waals surface area contributed by atoms with E-state index in [1.165, 1.54) is 12.1 Å². The van der Waals surface area contributed by atoms with Crippen molar-refractivity contribution in [2.45, 2.75) is 17.9 Å². The third-order valence-electron chi connectivity index (χ3n) is 2.24. The summed E-state index contributed by atoms with van der Waals surface area (Å²) in [4.78, 5) is 0. The number of hydrogen-bond acceptors (Lipinski definition) is 3. The Morgan fingerprint density at radius 3 is 2.56 bits per heavy atom. The van der Waals surface area contributed by atoms with Crippen LogP contribution in [0.4, 0.5) is 4.39 Å². The largest absolute Gasteiger partial charge is 0.329 e. The highest BCUT2D eigenvalue weighted by Gasteiger charge is 2.20. The highest BCUT2D eigenvalue weighted by Crippen LogP contribution is 2.18. The van der Waals surface area contributed by atoms with Gasteiger partial charge in [0.05, 0.1) is 11.0 Å². The van der Waals surface area contributed by atoms with Crippen LogP contribution in [0.15, 0.2) is 22.7 Å². The predicted octanol–water partition coefficient (Wildman–Crippen LogP) is 1.85. The highest BCUT2D eigenvalue weighted by molar-refractivity contribution is 9.10. The lowest BCUT2D eigenvalue weighted by atomic mass is 10.2. The van der Waals surface area contributed by atoms with Gasteiger partial charge in [0.25, 0.3) is 0 Å². The maximum Gasteiger partial charge on any atom is 0.158 e. The first-order valence-corrected chi connectivity index (χ1v) is 7.22. The van der Waals surface area contributed by atoms with Gasteiger partial charge in [0, 0.05) is 11.0 Å². The van der Waals surface area contributed by atoms with Gasteiger partial charge in [-0.15, -0.1) is 0 Å². The lowest BCUT2D eigenvalue weighted by molar-refractivity contribution is 0.582. The second kappa shape index (κ2) is 5.25. The first-order chi connectivity index (χ1) is 7.35. The average molecular weight is 310 g/mol. The van der Waals surface area contributed by atoms with Crippen LogP contribution in [0.1, 0.15) is 12.5 Å². The van der Waals surface area contributed by atoms with E-state index in [-0.39, 0.29) is 12.3 Å². The number of rotatable bonds is 4. The highest BCUT2D eigenvalue weighted by atomic mass is 79.9. The fraction of sp³-hybridized carbons (Fsp3) is 0.400. The molecule has 0 aliphatic rings. The molecule has 1 aromatic carbocycles. The smallest absolute Gasteiger partial charge is 0.158 e. The maximum atomic E-state index is 13.0. The molecule has 0 heterocycles. The van der Waals surface area contributed by atoms with E-state index < -0.39 is 20.9 Å². The van der Waals surface area contributed by atoms with Crippen molar-refractivity contribution in [1.29, 1.82) is 0 Å². The molecule has 0 amide bonds. The Balaban J connectivity index is 2.97. The minimum absolute atomic E-state index is 0.0683. The average Bonchev–Trinajstić information content (AvgIpc) is 2.13. The Labute approximate surface area is 103 Å². The predicted molar refractivity (Wildman–Crippen MR) is 65.2 cm³/mol. The summed E-state index contributed by atoms with van der Waals surface area (Å²) in [5, 5.41) is -0.616. The summed E-state index contributed by atoms with van der Waals surface area (Å²) in [6.45, 7) is 1.61. The van der Waals surface area contributed by atoms with Gasteiger partial charge in [-0.05, 0) is 30.7 Å². The Hall–Kier alpha value is -0.460. The fourth-order valence-electron chi connectivity index (χ4n) is 1.22. The van der Waals surface area contributed by atoms with Crippen molar-refractivity contribution < 1.29 is 12.8 Å². The van der Waals surface area contributed by atoms with Gasteiger partial charge in [0.2, 0.25) is 0 Å². The summed E-state index contributed by atoms with van der Waals surface area (Å²) in [7, 11) is -3.31. The molecule has 0 saturated carbocycles. The second-order valence-corrected chi connectivity index (χ2v) is 6.97. The molecule has 16 heavy (non-hydrogen) atoms. The number of hydrogen-bond donors (Lipinski definition) is 1. The summed E-state index contributed by atoms with van der Waals surface area (Å²) < 4.78 is 37.0. The maximum absolute atomic E-state index is 13.0. The van der Waals surface area contributed by atoms with Crippen LogP contribution in [0.3, 0.4) is 0 Å². The van der Waals surface area contributed by atoms with Crippen LogP contribution in [-0.2, 0) is 15.6 Å². The van der Waals surface area contributed by atoms with Crippen molar-refractivity contribution in [1.82, 2.24) is 0 Å². The van der Waals surface area contributed by atoms with E-state index in [0.29, 0.717) is 10.0 Å². The summed E-state index contributed by atoms with van der Waals surface area (Å²) in [5.74, 6) is -0.651. The molecular formula is C10H13BrFNO2S. The van der Waals surface area contributed by atoms with Gasteiger partial charge in [-0.2, -0.15) is 0 Å². The zero-order chi connectivity index (χ0) is 12.3. The summed E-state index contributed by atoms with van der Waals surface area (Å²) in [6, 6.07) is 4.08. The third-order valence-corrected chi connectivity index (χ3v) is 4.85. The van der Waals surface area contributed by atoms with E-state index in [0.717, 1.165) is 0 Å². The van der Waals surface area contributed by atoms with E-state index in [9.17, 15) is 12.8 Å². The standard InChI is InChI=1S/C10H13BrFNO2S/c1-7(5-13)16(14,15)6-8-2-9(11)4-10(12)3-8/h2-4,7H,5-6,13H2,1H3. The Morgan fingerprint density at radius 2 is 2.06 bits per heavy atom. The van der Waals surface area contributed by atoms with Gasteiger partial charge in [0.15, 0.2) is 9.84 Å². The molecule has 2 N–H and O–H groups in total. The van der Waals surface area contributed by atoms with Gasteiger partial charge in [-0.25, -0.2) is 12.8 Å². The lowest BCUT2D eigenvalue weighted by Gasteiger charge is -2.10. The molecule has 1 unspecified atom stereocenters. The van der Waals surface area contributed by atoms with Gasteiger partial charge < -0.3 is 5.73 Å². The van der Waals surface area contributed by atoms with E-state index in [1.54, 1.807) is 13.0 Å². The van der Waals surface area contributed by atoms with Crippen LogP contribution in [0.5, 0.6) is 0 Å². The van der Waals surface area contributed by atoms with Crippen LogP contribution in [0.2, 0.25) is 0 Å². The van der Waals surface area contributed by atoms with Crippen molar-refractivity contribution >= 4 is 25.8 Å². The van der Waals surface area contributed by atoms with Crippen molar-refractivity contribution in [3.05, 3.63) is 34.1 Å². The van der Waals surface area contributed by atoms with Gasteiger partial charge in [0.1, 0.15) is 5.82 Å². The molecule has 90 valence electrons. The molecule has 1 atom stereocenters. The molecule has 0 bridgehead atoms. The quantitative estimate of drug-likeness (QED) is 0.923. The molecule has 3 nitrogen and oxygen atoms in total. The molecule has 0 saturated heterocycles. The number of halogens is 2. The first-order valence-electron chi connectivity index (χ1n) is 4.72. The Kier molecular flexibility index (Phi) is 4.46. The molecule has 0 spiro atoms. The number of nitrogens with two attached hydrogens (primary N) is 1.